The predicted octanol–water partition coefficient (Wildman–Crippen LogP) is 2.99. The zero-order chi connectivity index (χ0) is 16.1. The number of carbonyl (C=O) groups is 1. The van der Waals surface area contributed by atoms with E-state index in [-0.39, 0.29) is 17.2 Å². The molecule has 3 fully saturated rings. The van der Waals surface area contributed by atoms with Gasteiger partial charge in [0.05, 0.1) is 5.41 Å². The molecule has 1 aromatic carbocycles. The molecule has 0 bridgehead atoms. The maximum Gasteiger partial charge on any atom is 0.233 e. The van der Waals surface area contributed by atoms with Gasteiger partial charge in [-0.2, -0.15) is 4.98 Å². The molecule has 1 aliphatic heterocycles. The Morgan fingerprint density at radius 3 is 2.62 bits per heavy atom. The van der Waals surface area contributed by atoms with E-state index in [0.29, 0.717) is 5.92 Å². The molecule has 2 aromatic rings. The molecule has 1 atom stereocenters. The fourth-order valence-electron chi connectivity index (χ4n) is 3.88. The first-order valence-corrected chi connectivity index (χ1v) is 8.95. The van der Waals surface area contributed by atoms with E-state index in [4.69, 9.17) is 4.52 Å². The summed E-state index contributed by atoms with van der Waals surface area (Å²) in [5, 5.41) is 4.17. The third-order valence-electron chi connectivity index (χ3n) is 5.71. The molecule has 5 rings (SSSR count). The maximum atomic E-state index is 13.1. The van der Waals surface area contributed by atoms with Gasteiger partial charge in [-0.1, -0.05) is 35.5 Å². The van der Waals surface area contributed by atoms with Gasteiger partial charge in [0.15, 0.2) is 5.82 Å². The van der Waals surface area contributed by atoms with E-state index in [9.17, 15) is 4.79 Å². The summed E-state index contributed by atoms with van der Waals surface area (Å²) < 4.78 is 5.38. The van der Waals surface area contributed by atoms with Crippen molar-refractivity contribution in [1.82, 2.24) is 15.0 Å². The van der Waals surface area contributed by atoms with Crippen molar-refractivity contribution in [2.24, 2.45) is 0 Å². The fraction of sp³-hybridized carbons (Fsp3) is 0.526. The summed E-state index contributed by atoms with van der Waals surface area (Å²) in [5.74, 6) is 2.56. The van der Waals surface area contributed by atoms with Crippen molar-refractivity contribution in [3.05, 3.63) is 47.6 Å². The van der Waals surface area contributed by atoms with Gasteiger partial charge in [0.1, 0.15) is 0 Å². The molecule has 3 aliphatic rings. The van der Waals surface area contributed by atoms with Crippen LogP contribution in [0, 0.1) is 0 Å². The van der Waals surface area contributed by atoms with Crippen LogP contribution in [0.2, 0.25) is 0 Å². The highest BCUT2D eigenvalue weighted by molar-refractivity contribution is 5.91. The van der Waals surface area contributed by atoms with Gasteiger partial charge < -0.3 is 9.42 Å². The highest BCUT2D eigenvalue weighted by Crippen LogP contribution is 2.50. The molecular weight excluding hydrogens is 302 g/mol. The average Bonchev–Trinajstić information content (AvgIpc) is 3.53. The van der Waals surface area contributed by atoms with Gasteiger partial charge >= 0.3 is 0 Å². The second kappa shape index (κ2) is 5.16. The quantitative estimate of drug-likeness (QED) is 0.868. The molecule has 5 heteroatoms. The lowest BCUT2D eigenvalue weighted by Crippen LogP contribution is -2.37. The maximum absolute atomic E-state index is 13.1. The topological polar surface area (TPSA) is 59.2 Å². The minimum atomic E-state index is -0.271. The van der Waals surface area contributed by atoms with Crippen molar-refractivity contribution in [2.75, 3.05) is 13.1 Å². The van der Waals surface area contributed by atoms with Crippen molar-refractivity contribution < 1.29 is 9.32 Å². The number of nitrogens with zero attached hydrogens (tertiary/aromatic N) is 3. The second-order valence-electron chi connectivity index (χ2n) is 7.45. The van der Waals surface area contributed by atoms with Gasteiger partial charge in [0, 0.05) is 24.9 Å². The first-order valence-electron chi connectivity index (χ1n) is 8.95. The van der Waals surface area contributed by atoms with Crippen LogP contribution in [0.5, 0.6) is 0 Å². The Labute approximate surface area is 141 Å². The number of hydrogen-bond acceptors (Lipinski definition) is 4. The summed E-state index contributed by atoms with van der Waals surface area (Å²) >= 11 is 0. The minimum absolute atomic E-state index is 0.219. The summed E-state index contributed by atoms with van der Waals surface area (Å²) in [6, 6.07) is 10.2. The Balaban J connectivity index is 1.31. The van der Waals surface area contributed by atoms with Crippen LogP contribution in [-0.2, 0) is 10.2 Å². The monoisotopic (exact) mass is 323 g/mol. The van der Waals surface area contributed by atoms with Crippen LogP contribution in [-0.4, -0.2) is 34.0 Å². The second-order valence-corrected chi connectivity index (χ2v) is 7.45. The number of carbonyl (C=O) groups excluding carboxylic acids is 1. The minimum Gasteiger partial charge on any atom is -0.341 e. The Morgan fingerprint density at radius 1 is 1.12 bits per heavy atom. The van der Waals surface area contributed by atoms with E-state index in [1.54, 1.807) is 0 Å². The predicted molar refractivity (Wildman–Crippen MR) is 87.6 cm³/mol. The molecule has 1 aromatic heterocycles. The van der Waals surface area contributed by atoms with Crippen molar-refractivity contribution in [1.29, 1.82) is 0 Å². The van der Waals surface area contributed by atoms with E-state index < -0.39 is 0 Å². The van der Waals surface area contributed by atoms with Crippen LogP contribution in [0.4, 0.5) is 0 Å². The van der Waals surface area contributed by atoms with Crippen molar-refractivity contribution in [2.45, 2.75) is 49.4 Å². The lowest BCUT2D eigenvalue weighted by atomic mass is 9.94. The Hall–Kier alpha value is -2.17. The normalized spacial score (nSPS) is 25.0. The number of hydrogen-bond donors (Lipinski definition) is 0. The Bertz CT molecular complexity index is 762. The molecule has 0 N–H and O–H groups in total. The smallest absolute Gasteiger partial charge is 0.233 e. The third kappa shape index (κ3) is 2.26. The first-order chi connectivity index (χ1) is 11.8. The molecule has 1 amide bonds. The number of likely N-dealkylation sites (tertiary alicyclic amines) is 1. The summed E-state index contributed by atoms with van der Waals surface area (Å²) in [7, 11) is 0. The highest BCUT2D eigenvalue weighted by Gasteiger charge is 2.53. The summed E-state index contributed by atoms with van der Waals surface area (Å²) in [6.45, 7) is 1.52. The number of amides is 1. The molecule has 1 unspecified atom stereocenters. The van der Waals surface area contributed by atoms with Crippen LogP contribution in [0.25, 0.3) is 0 Å². The SMILES string of the molecule is O=C(N1CCC(c2noc(C3CC3)n2)C1)C1(c2ccccc2)CC1. The molecule has 124 valence electrons. The summed E-state index contributed by atoms with van der Waals surface area (Å²) in [5.41, 5.74) is 0.890. The molecule has 0 radical (unpaired) electrons. The van der Waals surface area contributed by atoms with Crippen molar-refractivity contribution in [3.63, 3.8) is 0 Å². The van der Waals surface area contributed by atoms with Crippen LogP contribution >= 0.6 is 0 Å². The zero-order valence-corrected chi connectivity index (χ0v) is 13.6. The number of benzene rings is 1. The molecule has 1 saturated heterocycles. The number of aromatic nitrogens is 2. The first kappa shape index (κ1) is 14.2. The van der Waals surface area contributed by atoms with E-state index in [2.05, 4.69) is 22.3 Å². The van der Waals surface area contributed by atoms with Crippen molar-refractivity contribution >= 4 is 5.91 Å². The van der Waals surface area contributed by atoms with Gasteiger partial charge in [-0.25, -0.2) is 0 Å². The van der Waals surface area contributed by atoms with Crippen LogP contribution < -0.4 is 0 Å². The largest absolute Gasteiger partial charge is 0.341 e. The number of rotatable bonds is 4. The zero-order valence-electron chi connectivity index (χ0n) is 13.6. The van der Waals surface area contributed by atoms with Crippen LogP contribution in [0.1, 0.15) is 61.2 Å². The molecule has 24 heavy (non-hydrogen) atoms. The van der Waals surface area contributed by atoms with Gasteiger partial charge in [-0.3, -0.25) is 4.79 Å². The highest BCUT2D eigenvalue weighted by atomic mass is 16.5. The molecule has 0 spiro atoms. The molecule has 2 aliphatic carbocycles. The Kier molecular flexibility index (Phi) is 3.05. The standard InChI is InChI=1S/C19H21N3O2/c23-18(19(9-10-19)15-4-2-1-3-5-15)22-11-8-14(12-22)16-20-17(24-21-16)13-6-7-13/h1-5,13-14H,6-12H2. The van der Waals surface area contributed by atoms with Gasteiger partial charge in [-0.05, 0) is 37.7 Å². The van der Waals surface area contributed by atoms with Gasteiger partial charge in [0.2, 0.25) is 11.8 Å². The molecular formula is C19H21N3O2. The van der Waals surface area contributed by atoms with E-state index >= 15 is 0 Å². The van der Waals surface area contributed by atoms with Gasteiger partial charge in [-0.15, -0.1) is 0 Å². The van der Waals surface area contributed by atoms with Crippen LogP contribution in [0.3, 0.4) is 0 Å². The summed E-state index contributed by atoms with van der Waals surface area (Å²) in [4.78, 5) is 19.7. The van der Waals surface area contributed by atoms with Crippen molar-refractivity contribution in [3.8, 4) is 0 Å². The Morgan fingerprint density at radius 2 is 1.92 bits per heavy atom. The molecule has 2 heterocycles. The lowest BCUT2D eigenvalue weighted by molar-refractivity contribution is -0.132. The average molecular weight is 323 g/mol. The van der Waals surface area contributed by atoms with Crippen LogP contribution in [0.15, 0.2) is 34.9 Å². The fourth-order valence-corrected chi connectivity index (χ4v) is 3.88. The third-order valence-corrected chi connectivity index (χ3v) is 5.71. The van der Waals surface area contributed by atoms with Gasteiger partial charge in [0.25, 0.3) is 0 Å². The van der Waals surface area contributed by atoms with E-state index in [1.165, 1.54) is 0 Å². The van der Waals surface area contributed by atoms with E-state index in [0.717, 1.165) is 62.5 Å². The lowest BCUT2D eigenvalue weighted by Gasteiger charge is -2.23. The van der Waals surface area contributed by atoms with E-state index in [1.807, 2.05) is 23.1 Å². The molecule has 2 saturated carbocycles. The molecule has 5 nitrogen and oxygen atoms in total. The summed E-state index contributed by atoms with van der Waals surface area (Å²) in [6.07, 6.45) is 5.18.